The third-order valence-electron chi connectivity index (χ3n) is 1.45. The van der Waals surface area contributed by atoms with E-state index < -0.39 is 0 Å². The smallest absolute Gasteiger partial charge is 0.160 e. The fraction of sp³-hybridized carbons (Fsp3) is 1.00. The summed E-state index contributed by atoms with van der Waals surface area (Å²) in [4.78, 5) is 0. The van der Waals surface area contributed by atoms with Crippen LogP contribution < -0.4 is 0 Å². The van der Waals surface area contributed by atoms with E-state index in [0.717, 1.165) is 0 Å². The van der Waals surface area contributed by atoms with E-state index in [9.17, 15) is 0 Å². The molecule has 80 valence electrons. The van der Waals surface area contributed by atoms with Crippen molar-refractivity contribution in [2.75, 3.05) is 42.3 Å². The molecular formula is C6H24N4Si3. The maximum absolute atomic E-state index is 2.79. The molecule has 7 heteroatoms. The van der Waals surface area contributed by atoms with E-state index in [2.05, 4.69) is 59.9 Å². The van der Waals surface area contributed by atoms with Gasteiger partial charge < -0.3 is 17.6 Å². The highest BCUT2D eigenvalue weighted by atomic mass is 28.4. The van der Waals surface area contributed by atoms with Gasteiger partial charge in [-0.15, -0.1) is 0 Å². The van der Waals surface area contributed by atoms with Crippen molar-refractivity contribution in [1.29, 1.82) is 0 Å². The van der Waals surface area contributed by atoms with E-state index in [1.165, 1.54) is 0 Å². The van der Waals surface area contributed by atoms with Gasteiger partial charge in [0.15, 0.2) is 29.5 Å². The first-order valence-corrected chi connectivity index (χ1v) is 8.38. The molecule has 0 saturated heterocycles. The Bertz CT molecular complexity index is 107. The van der Waals surface area contributed by atoms with Crippen LogP contribution in [0.25, 0.3) is 0 Å². The zero-order chi connectivity index (χ0) is 10.4. The minimum atomic E-state index is -0.119. The second-order valence-corrected chi connectivity index (χ2v) is 14.3. The first-order chi connectivity index (χ1) is 5.91. The van der Waals surface area contributed by atoms with E-state index >= 15 is 0 Å². The van der Waals surface area contributed by atoms with Gasteiger partial charge in [-0.25, -0.2) is 0 Å². The van der Waals surface area contributed by atoms with Crippen molar-refractivity contribution in [1.82, 2.24) is 17.6 Å². The molecule has 0 aromatic rings. The monoisotopic (exact) mass is 236 g/mol. The number of nitrogens with zero attached hydrogens (tertiary/aromatic N) is 4. The van der Waals surface area contributed by atoms with Crippen molar-refractivity contribution in [3.63, 3.8) is 0 Å². The van der Waals surface area contributed by atoms with Crippen LogP contribution in [-0.2, 0) is 0 Å². The molecule has 0 aliphatic carbocycles. The maximum Gasteiger partial charge on any atom is 0.160 e. The van der Waals surface area contributed by atoms with Crippen LogP contribution in [0.5, 0.6) is 0 Å². The molecule has 0 unspecified atom stereocenters. The largest absolute Gasteiger partial charge is 0.347 e. The van der Waals surface area contributed by atoms with Gasteiger partial charge in [-0.1, -0.05) is 0 Å². The van der Waals surface area contributed by atoms with Gasteiger partial charge >= 0.3 is 0 Å². The molecule has 0 N–H and O–H groups in total. The molecule has 0 aromatic carbocycles. The molecule has 0 fully saturated rings. The average molecular weight is 237 g/mol. The summed E-state index contributed by atoms with van der Waals surface area (Å²) in [6.07, 6.45) is 0. The SMILES string of the molecule is CN(C)[SiH2]N([SiH2]N(C)C)[SiH2]N(C)C. The van der Waals surface area contributed by atoms with Crippen LogP contribution in [0.1, 0.15) is 0 Å². The summed E-state index contributed by atoms with van der Waals surface area (Å²) < 4.78 is 9.98. The summed E-state index contributed by atoms with van der Waals surface area (Å²) in [7, 11) is 12.9. The molecule has 0 aromatic heterocycles. The third-order valence-corrected chi connectivity index (χ3v) is 7.95. The molecule has 0 aliphatic heterocycles. The highest BCUT2D eigenvalue weighted by molar-refractivity contribution is 6.62. The zero-order valence-electron chi connectivity index (χ0n) is 9.91. The van der Waals surface area contributed by atoms with Gasteiger partial charge in [0.05, 0.1) is 0 Å². The summed E-state index contributed by atoms with van der Waals surface area (Å²) in [6.45, 7) is 0. The standard InChI is InChI=1S/C6H24N4Si3/c1-7(2)11-10(12-8(3)4)13-9(5)6/h11-13H2,1-6H3. The fourth-order valence-electron chi connectivity index (χ4n) is 1.33. The molecule has 0 saturated carbocycles. The van der Waals surface area contributed by atoms with Crippen molar-refractivity contribution in [2.45, 2.75) is 0 Å². The normalized spacial score (nSPS) is 15.2. The van der Waals surface area contributed by atoms with E-state index in [0.29, 0.717) is 0 Å². The van der Waals surface area contributed by atoms with Gasteiger partial charge in [-0.05, 0) is 42.3 Å². The van der Waals surface area contributed by atoms with Gasteiger partial charge in [0.1, 0.15) is 0 Å². The Labute approximate surface area is 89.8 Å². The van der Waals surface area contributed by atoms with Crippen LogP contribution in [-0.4, -0.2) is 89.4 Å². The lowest BCUT2D eigenvalue weighted by atomic mass is 11.3. The van der Waals surface area contributed by atoms with Crippen molar-refractivity contribution < 1.29 is 0 Å². The summed E-state index contributed by atoms with van der Waals surface area (Å²) >= 11 is 0. The Morgan fingerprint density at radius 1 is 0.538 bits per heavy atom. The summed E-state index contributed by atoms with van der Waals surface area (Å²) in [5, 5.41) is 0. The first kappa shape index (κ1) is 13.5. The fourth-order valence-corrected chi connectivity index (χ4v) is 12.0. The lowest BCUT2D eigenvalue weighted by Gasteiger charge is -2.29. The van der Waals surface area contributed by atoms with Gasteiger partial charge in [-0.3, -0.25) is 0 Å². The molecule has 0 spiro atoms. The second-order valence-electron chi connectivity index (χ2n) is 4.33. The Morgan fingerprint density at radius 3 is 0.923 bits per heavy atom. The molecule has 0 radical (unpaired) electrons. The van der Waals surface area contributed by atoms with E-state index in [1.54, 1.807) is 0 Å². The minimum absolute atomic E-state index is 0.119. The van der Waals surface area contributed by atoms with E-state index in [-0.39, 0.29) is 29.5 Å². The Kier molecular flexibility index (Phi) is 7.13. The van der Waals surface area contributed by atoms with E-state index in [4.69, 9.17) is 0 Å². The maximum atomic E-state index is 2.79. The Balaban J connectivity index is 3.87. The summed E-state index contributed by atoms with van der Waals surface area (Å²) in [6, 6.07) is 0. The molecule has 0 atom stereocenters. The molecule has 0 aliphatic rings. The Morgan fingerprint density at radius 2 is 0.769 bits per heavy atom. The summed E-state index contributed by atoms with van der Waals surface area (Å²) in [5.74, 6) is 0. The van der Waals surface area contributed by atoms with Crippen LogP contribution in [0, 0.1) is 0 Å². The van der Waals surface area contributed by atoms with Crippen LogP contribution in [0.3, 0.4) is 0 Å². The highest BCUT2D eigenvalue weighted by Gasteiger charge is 2.09. The van der Waals surface area contributed by atoms with Gasteiger partial charge in [0.2, 0.25) is 0 Å². The number of hydrogen-bond acceptors (Lipinski definition) is 4. The molecule has 0 amide bonds. The topological polar surface area (TPSA) is 13.0 Å². The lowest BCUT2D eigenvalue weighted by molar-refractivity contribution is 0.570. The minimum Gasteiger partial charge on any atom is -0.347 e. The van der Waals surface area contributed by atoms with Gasteiger partial charge in [-0.2, -0.15) is 0 Å². The third kappa shape index (κ3) is 8.81. The van der Waals surface area contributed by atoms with Gasteiger partial charge in [0.25, 0.3) is 0 Å². The quantitative estimate of drug-likeness (QED) is 0.455. The van der Waals surface area contributed by atoms with Gasteiger partial charge in [0, 0.05) is 0 Å². The van der Waals surface area contributed by atoms with Crippen LogP contribution in [0.15, 0.2) is 0 Å². The predicted octanol–water partition coefficient (Wildman–Crippen LogP) is -3.03. The molecule has 0 bridgehead atoms. The predicted molar refractivity (Wildman–Crippen MR) is 68.5 cm³/mol. The van der Waals surface area contributed by atoms with Crippen LogP contribution in [0.2, 0.25) is 0 Å². The summed E-state index contributed by atoms with van der Waals surface area (Å²) in [5.41, 5.74) is 0. The second kappa shape index (κ2) is 6.87. The molecule has 4 nitrogen and oxygen atoms in total. The van der Waals surface area contributed by atoms with Crippen molar-refractivity contribution in [3.05, 3.63) is 0 Å². The number of hydrogen-bond donors (Lipinski definition) is 0. The van der Waals surface area contributed by atoms with Crippen LogP contribution >= 0.6 is 0 Å². The Hall–Kier alpha value is 0.491. The van der Waals surface area contributed by atoms with Crippen molar-refractivity contribution in [2.24, 2.45) is 0 Å². The zero-order valence-corrected chi connectivity index (χ0v) is 14.2. The van der Waals surface area contributed by atoms with Crippen LogP contribution in [0.4, 0.5) is 0 Å². The lowest BCUT2D eigenvalue weighted by Crippen LogP contribution is -2.51. The highest BCUT2D eigenvalue weighted by Crippen LogP contribution is 1.85. The van der Waals surface area contributed by atoms with Crippen molar-refractivity contribution in [3.8, 4) is 0 Å². The molecular weight excluding hydrogens is 212 g/mol. The molecule has 0 rings (SSSR count). The van der Waals surface area contributed by atoms with E-state index in [1.807, 2.05) is 0 Å². The van der Waals surface area contributed by atoms with Crippen molar-refractivity contribution >= 4 is 29.5 Å². The molecule has 13 heavy (non-hydrogen) atoms. The average Bonchev–Trinajstić information content (AvgIpc) is 1.80. The molecule has 0 heterocycles. The number of rotatable bonds is 6. The first-order valence-electron chi connectivity index (χ1n) is 4.58.